The molecule has 2 atom stereocenters. The minimum absolute atomic E-state index is 0.0395. The minimum Gasteiger partial charge on any atom is -0.378 e. The van der Waals surface area contributed by atoms with Gasteiger partial charge in [-0.2, -0.15) is 0 Å². The Morgan fingerprint density at radius 3 is 2.85 bits per heavy atom. The Bertz CT molecular complexity index is 468. The lowest BCUT2D eigenvalue weighted by molar-refractivity contribution is 0.0891. The van der Waals surface area contributed by atoms with Crippen molar-refractivity contribution < 1.29 is 14.1 Å². The third-order valence-electron chi connectivity index (χ3n) is 4.09. The van der Waals surface area contributed by atoms with Crippen LogP contribution in [0.15, 0.2) is 10.6 Å². The van der Waals surface area contributed by atoms with E-state index in [-0.39, 0.29) is 18.0 Å². The third kappa shape index (κ3) is 2.86. The lowest BCUT2D eigenvalue weighted by Crippen LogP contribution is -2.52. The van der Waals surface area contributed by atoms with Gasteiger partial charge in [0.15, 0.2) is 5.69 Å². The predicted molar refractivity (Wildman–Crippen MR) is 72.5 cm³/mol. The first-order chi connectivity index (χ1) is 9.74. The Kier molecular flexibility index (Phi) is 4.03. The highest BCUT2D eigenvalue weighted by Gasteiger charge is 2.35. The molecule has 20 heavy (non-hydrogen) atoms. The summed E-state index contributed by atoms with van der Waals surface area (Å²) in [6.07, 6.45) is 3.78. The maximum atomic E-state index is 12.1. The molecule has 1 aromatic heterocycles. The second kappa shape index (κ2) is 5.93. The highest BCUT2D eigenvalue weighted by Crippen LogP contribution is 2.19. The molecule has 6 heteroatoms. The van der Waals surface area contributed by atoms with Gasteiger partial charge in [0.05, 0.1) is 25.3 Å². The van der Waals surface area contributed by atoms with Crippen LogP contribution in [-0.2, 0) is 4.74 Å². The van der Waals surface area contributed by atoms with Crippen LogP contribution in [0.3, 0.4) is 0 Å². The number of ether oxygens (including phenoxy) is 1. The maximum Gasteiger partial charge on any atom is 0.273 e. The monoisotopic (exact) mass is 279 g/mol. The molecular weight excluding hydrogens is 258 g/mol. The summed E-state index contributed by atoms with van der Waals surface area (Å²) < 4.78 is 10.5. The van der Waals surface area contributed by atoms with Crippen molar-refractivity contribution in [2.75, 3.05) is 26.3 Å². The molecule has 0 aromatic carbocycles. The fourth-order valence-corrected chi connectivity index (χ4v) is 3.01. The molecule has 2 fully saturated rings. The first-order valence-electron chi connectivity index (χ1n) is 7.30. The van der Waals surface area contributed by atoms with Gasteiger partial charge >= 0.3 is 0 Å². The number of nitrogens with zero attached hydrogens (tertiary/aromatic N) is 2. The van der Waals surface area contributed by atoms with Gasteiger partial charge in [0.25, 0.3) is 5.91 Å². The van der Waals surface area contributed by atoms with Crippen molar-refractivity contribution in [2.45, 2.75) is 38.3 Å². The van der Waals surface area contributed by atoms with Gasteiger partial charge < -0.3 is 14.6 Å². The molecule has 3 rings (SSSR count). The largest absolute Gasteiger partial charge is 0.378 e. The van der Waals surface area contributed by atoms with Gasteiger partial charge in [-0.25, -0.2) is 0 Å². The fraction of sp³-hybridized carbons (Fsp3) is 0.714. The lowest BCUT2D eigenvalue weighted by atomic mass is 10.0. The number of nitrogens with one attached hydrogen (secondary N) is 1. The molecular formula is C14H21N3O3. The van der Waals surface area contributed by atoms with Gasteiger partial charge in [-0.05, 0) is 32.9 Å². The summed E-state index contributed by atoms with van der Waals surface area (Å²) in [5, 5.41) is 6.78. The highest BCUT2D eigenvalue weighted by molar-refractivity contribution is 5.92. The Morgan fingerprint density at radius 1 is 1.35 bits per heavy atom. The van der Waals surface area contributed by atoms with E-state index < -0.39 is 0 Å². The summed E-state index contributed by atoms with van der Waals surface area (Å²) in [6, 6.07) is 1.98. The predicted octanol–water partition coefficient (Wildman–Crippen LogP) is 0.966. The van der Waals surface area contributed by atoms with Crippen LogP contribution in [0.2, 0.25) is 0 Å². The van der Waals surface area contributed by atoms with Crippen LogP contribution in [-0.4, -0.2) is 54.4 Å². The van der Waals surface area contributed by atoms with E-state index in [2.05, 4.69) is 15.4 Å². The number of piperidine rings is 1. The Balaban J connectivity index is 1.62. The second-order valence-corrected chi connectivity index (χ2v) is 5.60. The van der Waals surface area contributed by atoms with Crippen LogP contribution >= 0.6 is 0 Å². The topological polar surface area (TPSA) is 67.6 Å². The van der Waals surface area contributed by atoms with Gasteiger partial charge in [0.1, 0.15) is 5.76 Å². The van der Waals surface area contributed by atoms with E-state index in [0.717, 1.165) is 13.1 Å². The molecule has 1 amide bonds. The van der Waals surface area contributed by atoms with Crippen LogP contribution in [0.4, 0.5) is 0 Å². The number of rotatable bonds is 3. The molecule has 2 aliphatic rings. The summed E-state index contributed by atoms with van der Waals surface area (Å²) in [4.78, 5) is 14.6. The fourth-order valence-electron chi connectivity index (χ4n) is 3.01. The normalized spacial score (nSPS) is 27.6. The number of carbonyl (C=O) groups excluding carboxylic acids is 1. The van der Waals surface area contributed by atoms with Crippen molar-refractivity contribution in [2.24, 2.45) is 0 Å². The van der Waals surface area contributed by atoms with Crippen LogP contribution in [0.1, 0.15) is 35.5 Å². The van der Waals surface area contributed by atoms with Crippen molar-refractivity contribution in [3.05, 3.63) is 17.5 Å². The van der Waals surface area contributed by atoms with Gasteiger partial charge in [0, 0.05) is 6.07 Å². The second-order valence-electron chi connectivity index (χ2n) is 5.60. The molecule has 0 spiro atoms. The lowest BCUT2D eigenvalue weighted by Gasteiger charge is -2.34. The molecule has 2 saturated heterocycles. The van der Waals surface area contributed by atoms with Gasteiger partial charge in [-0.1, -0.05) is 11.6 Å². The van der Waals surface area contributed by atoms with Crippen molar-refractivity contribution in [3.8, 4) is 0 Å². The average Bonchev–Trinajstić information content (AvgIpc) is 3.09. The molecule has 2 aliphatic heterocycles. The van der Waals surface area contributed by atoms with Crippen molar-refractivity contribution >= 4 is 5.91 Å². The van der Waals surface area contributed by atoms with Crippen LogP contribution in [0.25, 0.3) is 0 Å². The van der Waals surface area contributed by atoms with Crippen LogP contribution in [0.5, 0.6) is 0 Å². The van der Waals surface area contributed by atoms with Crippen molar-refractivity contribution in [3.63, 3.8) is 0 Å². The molecule has 110 valence electrons. The summed E-state index contributed by atoms with van der Waals surface area (Å²) in [7, 11) is 0. The molecule has 1 N–H and O–H groups in total. The molecule has 0 unspecified atom stereocenters. The number of amides is 1. The Morgan fingerprint density at radius 2 is 2.15 bits per heavy atom. The van der Waals surface area contributed by atoms with Gasteiger partial charge in [-0.3, -0.25) is 9.69 Å². The molecule has 6 nitrogen and oxygen atoms in total. The smallest absolute Gasteiger partial charge is 0.273 e. The molecule has 0 aliphatic carbocycles. The zero-order valence-electron chi connectivity index (χ0n) is 11.8. The third-order valence-corrected chi connectivity index (χ3v) is 4.09. The zero-order valence-corrected chi connectivity index (χ0v) is 11.8. The molecule has 3 heterocycles. The first-order valence-corrected chi connectivity index (χ1v) is 7.30. The van der Waals surface area contributed by atoms with E-state index in [1.807, 2.05) is 0 Å². The number of aryl methyl sites for hydroxylation is 1. The van der Waals surface area contributed by atoms with E-state index in [4.69, 9.17) is 9.26 Å². The number of carbonyl (C=O) groups is 1. The summed E-state index contributed by atoms with van der Waals surface area (Å²) in [6.45, 7) is 5.25. The molecule has 1 aromatic rings. The SMILES string of the molecule is Cc1cc(C(=O)N[C@H]2COC[C@@H]2N2CCCCC2)no1. The van der Waals surface area contributed by atoms with E-state index in [1.165, 1.54) is 19.3 Å². The minimum atomic E-state index is -0.181. The van der Waals surface area contributed by atoms with E-state index >= 15 is 0 Å². The summed E-state index contributed by atoms with van der Waals surface area (Å²) in [5.74, 6) is 0.463. The number of hydrogen-bond donors (Lipinski definition) is 1. The van der Waals surface area contributed by atoms with E-state index in [9.17, 15) is 4.79 Å². The van der Waals surface area contributed by atoms with Crippen LogP contribution < -0.4 is 5.32 Å². The average molecular weight is 279 g/mol. The summed E-state index contributed by atoms with van der Waals surface area (Å²) in [5.41, 5.74) is 0.340. The van der Waals surface area contributed by atoms with Gasteiger partial charge in [0.2, 0.25) is 0 Å². The number of hydrogen-bond acceptors (Lipinski definition) is 5. The Labute approximate surface area is 118 Å². The highest BCUT2D eigenvalue weighted by atomic mass is 16.5. The number of likely N-dealkylation sites (tertiary alicyclic amines) is 1. The van der Waals surface area contributed by atoms with E-state index in [1.54, 1.807) is 13.0 Å². The molecule has 0 bridgehead atoms. The van der Waals surface area contributed by atoms with Gasteiger partial charge in [-0.15, -0.1) is 0 Å². The van der Waals surface area contributed by atoms with Crippen molar-refractivity contribution in [1.29, 1.82) is 0 Å². The standard InChI is InChI=1S/C14H21N3O3/c1-10-7-11(16-20-10)14(18)15-12-8-19-9-13(12)17-5-3-2-4-6-17/h7,12-13H,2-6,8-9H2,1H3,(H,15,18)/t12-,13-/m0/s1. The zero-order chi connectivity index (χ0) is 13.9. The molecule has 0 radical (unpaired) electrons. The Hall–Kier alpha value is -1.40. The maximum absolute atomic E-state index is 12.1. The number of aromatic nitrogens is 1. The van der Waals surface area contributed by atoms with Crippen molar-refractivity contribution in [1.82, 2.24) is 15.4 Å². The van der Waals surface area contributed by atoms with E-state index in [0.29, 0.717) is 24.7 Å². The van der Waals surface area contributed by atoms with Crippen LogP contribution in [0, 0.1) is 6.92 Å². The first kappa shape index (κ1) is 13.6. The molecule has 0 saturated carbocycles. The quantitative estimate of drug-likeness (QED) is 0.893. The summed E-state index contributed by atoms with van der Waals surface area (Å²) >= 11 is 0.